The molecule has 0 amide bonds. The van der Waals surface area contributed by atoms with E-state index >= 15 is 0 Å². The van der Waals surface area contributed by atoms with Gasteiger partial charge in [0.2, 0.25) is 0 Å². The van der Waals surface area contributed by atoms with Crippen molar-refractivity contribution >= 4 is 33.6 Å². The van der Waals surface area contributed by atoms with Crippen molar-refractivity contribution in [2.45, 2.75) is 13.3 Å². The maximum absolute atomic E-state index is 10.8. The fourth-order valence-electron chi connectivity index (χ4n) is 1.55. The molecule has 1 rings (SSSR count). The van der Waals surface area contributed by atoms with Gasteiger partial charge in [-0.3, -0.25) is 9.59 Å². The number of hydrogen-bond donors (Lipinski definition) is 2. The molecule has 0 saturated carbocycles. The van der Waals surface area contributed by atoms with Crippen molar-refractivity contribution in [2.24, 2.45) is 0 Å². The van der Waals surface area contributed by atoms with Crippen LogP contribution in [0.1, 0.15) is 12.0 Å². The second-order valence-electron chi connectivity index (χ2n) is 3.91. The fourth-order valence-corrected chi connectivity index (χ4v) is 2.29. The van der Waals surface area contributed by atoms with E-state index in [9.17, 15) is 9.59 Å². The van der Waals surface area contributed by atoms with Gasteiger partial charge in [-0.2, -0.15) is 0 Å². The van der Waals surface area contributed by atoms with Crippen LogP contribution in [0, 0.1) is 6.92 Å². The van der Waals surface area contributed by atoms with Crippen LogP contribution in [-0.4, -0.2) is 35.2 Å². The molecule has 5 nitrogen and oxygen atoms in total. The number of hydrogen-bond acceptors (Lipinski definition) is 3. The molecule has 0 aromatic heterocycles. The zero-order chi connectivity index (χ0) is 13.7. The Balaban J connectivity index is 2.93. The van der Waals surface area contributed by atoms with E-state index in [2.05, 4.69) is 15.9 Å². The minimum atomic E-state index is -0.993. The van der Waals surface area contributed by atoms with Crippen LogP contribution in [0.2, 0.25) is 0 Å². The summed E-state index contributed by atoms with van der Waals surface area (Å²) in [5.41, 5.74) is 1.73. The SMILES string of the molecule is Cc1ccc(N(CCC(=O)O)CC(=O)O)c(Br)c1. The quantitative estimate of drug-likeness (QED) is 0.840. The second-order valence-corrected chi connectivity index (χ2v) is 4.77. The predicted octanol–water partition coefficient (Wildman–Crippen LogP) is 2.12. The van der Waals surface area contributed by atoms with E-state index in [0.29, 0.717) is 5.69 Å². The van der Waals surface area contributed by atoms with Crippen LogP contribution in [0.5, 0.6) is 0 Å². The number of aryl methyl sites for hydroxylation is 1. The number of rotatable bonds is 6. The molecule has 0 aliphatic carbocycles. The van der Waals surface area contributed by atoms with Crippen molar-refractivity contribution in [3.05, 3.63) is 28.2 Å². The Morgan fingerprint density at radius 1 is 1.28 bits per heavy atom. The van der Waals surface area contributed by atoms with Gasteiger partial charge in [0.05, 0.1) is 12.1 Å². The van der Waals surface area contributed by atoms with Gasteiger partial charge < -0.3 is 15.1 Å². The molecule has 0 atom stereocenters. The van der Waals surface area contributed by atoms with E-state index in [4.69, 9.17) is 10.2 Å². The van der Waals surface area contributed by atoms with E-state index < -0.39 is 11.9 Å². The van der Waals surface area contributed by atoms with Gasteiger partial charge in [0, 0.05) is 11.0 Å². The van der Waals surface area contributed by atoms with Gasteiger partial charge in [-0.15, -0.1) is 0 Å². The topological polar surface area (TPSA) is 77.8 Å². The fraction of sp³-hybridized carbons (Fsp3) is 0.333. The van der Waals surface area contributed by atoms with E-state index in [1.54, 1.807) is 6.07 Å². The number of carbonyl (C=O) groups is 2. The highest BCUT2D eigenvalue weighted by molar-refractivity contribution is 9.10. The summed E-state index contributed by atoms with van der Waals surface area (Å²) in [6.45, 7) is 1.85. The zero-order valence-electron chi connectivity index (χ0n) is 9.89. The Kier molecular flexibility index (Phi) is 5.15. The van der Waals surface area contributed by atoms with Crippen molar-refractivity contribution in [3.8, 4) is 0 Å². The Labute approximate surface area is 113 Å². The average molecular weight is 316 g/mol. The van der Waals surface area contributed by atoms with Crippen LogP contribution in [0.4, 0.5) is 5.69 Å². The molecule has 18 heavy (non-hydrogen) atoms. The van der Waals surface area contributed by atoms with Crippen molar-refractivity contribution in [3.63, 3.8) is 0 Å². The van der Waals surface area contributed by atoms with Gasteiger partial charge in [-0.1, -0.05) is 6.07 Å². The number of carboxylic acid groups (broad SMARTS) is 2. The third kappa shape index (κ3) is 4.37. The Bertz CT molecular complexity index is 461. The Hall–Kier alpha value is -1.56. The summed E-state index contributed by atoms with van der Waals surface area (Å²) in [6, 6.07) is 5.50. The van der Waals surface area contributed by atoms with Gasteiger partial charge in [0.1, 0.15) is 6.54 Å². The molecule has 1 aromatic rings. The summed E-state index contributed by atoms with van der Waals surface area (Å²) in [7, 11) is 0. The molecule has 0 unspecified atom stereocenters. The Morgan fingerprint density at radius 3 is 2.44 bits per heavy atom. The summed E-state index contributed by atoms with van der Waals surface area (Å²) in [5.74, 6) is -1.94. The van der Waals surface area contributed by atoms with Crippen LogP contribution in [0.3, 0.4) is 0 Å². The highest BCUT2D eigenvalue weighted by atomic mass is 79.9. The molecule has 0 heterocycles. The smallest absolute Gasteiger partial charge is 0.323 e. The number of aliphatic carboxylic acids is 2. The molecule has 0 saturated heterocycles. The first-order valence-electron chi connectivity index (χ1n) is 5.35. The molecule has 0 fully saturated rings. The second kappa shape index (κ2) is 6.39. The standard InChI is InChI=1S/C12H14BrNO4/c1-8-2-3-10(9(13)6-8)14(7-12(17)18)5-4-11(15)16/h2-3,6H,4-5,7H2,1H3,(H,15,16)(H,17,18). The minimum absolute atomic E-state index is 0.104. The lowest BCUT2D eigenvalue weighted by atomic mass is 10.2. The molecule has 98 valence electrons. The van der Waals surface area contributed by atoms with Crippen LogP contribution in [0.25, 0.3) is 0 Å². The third-order valence-electron chi connectivity index (χ3n) is 2.37. The molecule has 0 bridgehead atoms. The van der Waals surface area contributed by atoms with Gasteiger partial charge in [-0.05, 0) is 40.5 Å². The first-order chi connectivity index (χ1) is 8.40. The lowest BCUT2D eigenvalue weighted by Gasteiger charge is -2.23. The highest BCUT2D eigenvalue weighted by Crippen LogP contribution is 2.27. The largest absolute Gasteiger partial charge is 0.481 e. The highest BCUT2D eigenvalue weighted by Gasteiger charge is 2.14. The summed E-state index contributed by atoms with van der Waals surface area (Å²) < 4.78 is 0.758. The molecule has 2 N–H and O–H groups in total. The summed E-state index contributed by atoms with van der Waals surface area (Å²) in [6.07, 6.45) is -0.104. The zero-order valence-corrected chi connectivity index (χ0v) is 11.5. The van der Waals surface area contributed by atoms with Crippen LogP contribution >= 0.6 is 15.9 Å². The lowest BCUT2D eigenvalue weighted by molar-refractivity contribution is -0.138. The number of halogens is 1. The number of anilines is 1. The predicted molar refractivity (Wildman–Crippen MR) is 71.0 cm³/mol. The van der Waals surface area contributed by atoms with Crippen LogP contribution in [0.15, 0.2) is 22.7 Å². The van der Waals surface area contributed by atoms with Crippen LogP contribution in [-0.2, 0) is 9.59 Å². The van der Waals surface area contributed by atoms with Gasteiger partial charge in [0.15, 0.2) is 0 Å². The maximum atomic E-state index is 10.8. The molecule has 0 aliphatic rings. The third-order valence-corrected chi connectivity index (χ3v) is 3.00. The number of nitrogens with zero attached hydrogens (tertiary/aromatic N) is 1. The molecule has 0 radical (unpaired) electrons. The first-order valence-corrected chi connectivity index (χ1v) is 6.14. The van der Waals surface area contributed by atoms with Crippen molar-refractivity contribution in [1.82, 2.24) is 0 Å². The molecule has 0 spiro atoms. The molecular formula is C12H14BrNO4. The van der Waals surface area contributed by atoms with Crippen LogP contribution < -0.4 is 4.90 Å². The summed E-state index contributed by atoms with van der Waals surface area (Å²) in [5, 5.41) is 17.5. The van der Waals surface area contributed by atoms with E-state index in [1.807, 2.05) is 19.1 Å². The first kappa shape index (κ1) is 14.5. The summed E-state index contributed by atoms with van der Waals surface area (Å²) in [4.78, 5) is 22.9. The summed E-state index contributed by atoms with van der Waals surface area (Å²) >= 11 is 3.36. The van der Waals surface area contributed by atoms with Gasteiger partial charge in [-0.25, -0.2) is 0 Å². The van der Waals surface area contributed by atoms with Gasteiger partial charge >= 0.3 is 11.9 Å². The normalized spacial score (nSPS) is 10.1. The van der Waals surface area contributed by atoms with Gasteiger partial charge in [0.25, 0.3) is 0 Å². The van der Waals surface area contributed by atoms with E-state index in [0.717, 1.165) is 10.0 Å². The van der Waals surface area contributed by atoms with E-state index in [1.165, 1.54) is 4.90 Å². The van der Waals surface area contributed by atoms with Crippen molar-refractivity contribution < 1.29 is 19.8 Å². The monoisotopic (exact) mass is 315 g/mol. The van der Waals surface area contributed by atoms with E-state index in [-0.39, 0.29) is 19.5 Å². The molecule has 1 aromatic carbocycles. The van der Waals surface area contributed by atoms with Crippen molar-refractivity contribution in [2.75, 3.05) is 18.0 Å². The minimum Gasteiger partial charge on any atom is -0.481 e. The average Bonchev–Trinajstić information content (AvgIpc) is 2.24. The molecular weight excluding hydrogens is 302 g/mol. The Morgan fingerprint density at radius 2 is 1.94 bits per heavy atom. The maximum Gasteiger partial charge on any atom is 0.323 e. The number of carboxylic acids is 2. The molecule has 0 aliphatic heterocycles. The van der Waals surface area contributed by atoms with Crippen molar-refractivity contribution in [1.29, 1.82) is 0 Å². The number of benzene rings is 1. The molecule has 6 heteroatoms. The lowest BCUT2D eigenvalue weighted by Crippen LogP contribution is -2.32.